The summed E-state index contributed by atoms with van der Waals surface area (Å²) in [5.41, 5.74) is -3.89. The van der Waals surface area contributed by atoms with Crippen LogP contribution in [0.25, 0.3) is 0 Å². The Balaban J connectivity index is 1.24. The van der Waals surface area contributed by atoms with Crippen LogP contribution in [0.3, 0.4) is 0 Å². The average molecular weight is 1010 g/mol. The van der Waals surface area contributed by atoms with E-state index in [0.717, 1.165) is 24.8 Å². The summed E-state index contributed by atoms with van der Waals surface area (Å²) in [6.45, 7) is 4.75. The largest absolute Gasteiger partial charge is 0.478 e. The standard InChI is InChI=1S/C46H62N2O21S/c1-18-26(66-20(3)51)14-24-23(31(18)54)12-11-21-13-22(9-7-5-6-8-10-29(52)53)46(43(64)45(21,24)4)40(62)28(68-44(46)65)17-70-16-25(47-19(2)50)41(63)48-30-33(56)32(55)27(15-49)67-42(30)69-39-37(60)35(58)34(57)36(59)38(39)61/h5-12,18,21-28,30-39,42,49,54-61H,13-17H2,1-4H3,(H,47,50)(H,48,63)(H,52,53)/b6-5+,9-7+,10-8+/t18-,21-,22+,23+,24-,25+,26+,27-,28+,30+,31+,32+,33+,34?,35-,36+,37-,38-,39?,42+,45-,46-/m0/s1. The second kappa shape index (κ2) is 22.1. The molecule has 4 aliphatic carbocycles. The summed E-state index contributed by atoms with van der Waals surface area (Å²) >= 11 is 0.843. The summed E-state index contributed by atoms with van der Waals surface area (Å²) in [6, 6.07) is -3.31. The molecule has 0 bridgehead atoms. The Morgan fingerprint density at radius 1 is 0.871 bits per heavy atom. The number of carboxylic acids is 1. The summed E-state index contributed by atoms with van der Waals surface area (Å²) in [5.74, 6) is -10.6. The molecular weight excluding hydrogens is 949 g/mol. The van der Waals surface area contributed by atoms with Crippen molar-refractivity contribution >= 4 is 53.1 Å². The molecule has 2 unspecified atom stereocenters. The summed E-state index contributed by atoms with van der Waals surface area (Å²) in [7, 11) is 0. The van der Waals surface area contributed by atoms with E-state index in [0.29, 0.717) is 0 Å². The van der Waals surface area contributed by atoms with Crippen molar-refractivity contribution in [1.82, 2.24) is 10.6 Å². The number of aliphatic carboxylic acids is 1. The Morgan fingerprint density at radius 3 is 2.13 bits per heavy atom. The van der Waals surface area contributed by atoms with Crippen molar-refractivity contribution in [3.63, 3.8) is 0 Å². The van der Waals surface area contributed by atoms with Gasteiger partial charge in [-0.05, 0) is 24.7 Å². The topological polar surface area (TPSA) is 383 Å². The molecule has 0 aromatic rings. The molecular formula is C46H62N2O21S. The second-order valence-corrected chi connectivity index (χ2v) is 20.1. The van der Waals surface area contributed by atoms with Gasteiger partial charge in [0.1, 0.15) is 73.1 Å². The van der Waals surface area contributed by atoms with Gasteiger partial charge in [0.25, 0.3) is 0 Å². The lowest BCUT2D eigenvalue weighted by Crippen LogP contribution is -2.69. The number of esters is 2. The third kappa shape index (κ3) is 10.3. The molecule has 12 N–H and O–H groups in total. The summed E-state index contributed by atoms with van der Waals surface area (Å²) in [4.78, 5) is 94.3. The predicted octanol–water partition coefficient (Wildman–Crippen LogP) is -4.07. The smallest absolute Gasteiger partial charge is 0.328 e. The van der Waals surface area contributed by atoms with Gasteiger partial charge in [-0.3, -0.25) is 28.8 Å². The highest BCUT2D eigenvalue weighted by molar-refractivity contribution is 7.99. The lowest BCUT2D eigenvalue weighted by atomic mass is 9.43. The van der Waals surface area contributed by atoms with E-state index in [2.05, 4.69) is 10.6 Å². The number of aliphatic hydroxyl groups excluding tert-OH is 9. The van der Waals surface area contributed by atoms with Gasteiger partial charge in [-0.1, -0.05) is 56.4 Å². The maximum atomic E-state index is 15.5. The molecule has 388 valence electrons. The zero-order valence-corrected chi connectivity index (χ0v) is 39.4. The van der Waals surface area contributed by atoms with Crippen LogP contribution in [-0.4, -0.2) is 202 Å². The summed E-state index contributed by atoms with van der Waals surface area (Å²) < 4.78 is 22.5. The number of hydrogen-bond donors (Lipinski definition) is 12. The van der Waals surface area contributed by atoms with Crippen LogP contribution in [0.5, 0.6) is 0 Å². The number of thioether (sulfide) groups is 1. The number of Topliss-reactive ketones (excluding diaryl/α,β-unsaturated/α-hetero) is 2. The van der Waals surface area contributed by atoms with Gasteiger partial charge in [0.2, 0.25) is 11.8 Å². The fourth-order valence-electron chi connectivity index (χ4n) is 10.9. The van der Waals surface area contributed by atoms with Crippen LogP contribution in [0.1, 0.15) is 40.5 Å². The predicted molar refractivity (Wildman–Crippen MR) is 238 cm³/mol. The third-order valence-electron chi connectivity index (χ3n) is 14.8. The van der Waals surface area contributed by atoms with Crippen LogP contribution in [-0.2, 0) is 52.5 Å². The molecule has 2 aliphatic heterocycles. The van der Waals surface area contributed by atoms with Gasteiger partial charge in [-0.25, -0.2) is 4.79 Å². The van der Waals surface area contributed by atoms with E-state index < -0.39 is 180 Å². The fraction of sp³-hybridized carbons (Fsp3) is 0.674. The van der Waals surface area contributed by atoms with Crippen molar-refractivity contribution in [2.24, 2.45) is 40.4 Å². The van der Waals surface area contributed by atoms with E-state index in [4.69, 9.17) is 24.1 Å². The highest BCUT2D eigenvalue weighted by atomic mass is 32.2. The quantitative estimate of drug-likeness (QED) is 0.0244. The van der Waals surface area contributed by atoms with Crippen LogP contribution in [0.2, 0.25) is 0 Å². The van der Waals surface area contributed by atoms with Gasteiger partial charge >= 0.3 is 17.9 Å². The summed E-state index contributed by atoms with van der Waals surface area (Å²) in [6.07, 6.45) is -11.2. The van der Waals surface area contributed by atoms with Crippen LogP contribution >= 0.6 is 11.8 Å². The van der Waals surface area contributed by atoms with E-state index in [1.54, 1.807) is 19.9 Å². The Labute approximate surface area is 405 Å². The third-order valence-corrected chi connectivity index (χ3v) is 15.9. The molecule has 6 aliphatic rings. The number of fused-ring (bicyclic) bond motifs is 3. The summed E-state index contributed by atoms with van der Waals surface area (Å²) in [5, 5.41) is 109. The van der Waals surface area contributed by atoms with Gasteiger partial charge < -0.3 is 80.6 Å². The van der Waals surface area contributed by atoms with Crippen molar-refractivity contribution in [1.29, 1.82) is 0 Å². The highest BCUT2D eigenvalue weighted by Crippen LogP contribution is 2.62. The first kappa shape index (κ1) is 54.9. The maximum Gasteiger partial charge on any atom is 0.328 e. The number of hydrogen-bond acceptors (Lipinski definition) is 21. The van der Waals surface area contributed by atoms with Crippen LogP contribution in [0.15, 0.2) is 48.6 Å². The monoisotopic (exact) mass is 1010 g/mol. The minimum atomic E-state index is -2.42. The molecule has 0 aromatic carbocycles. The van der Waals surface area contributed by atoms with Crippen LogP contribution in [0.4, 0.5) is 0 Å². The first-order valence-corrected chi connectivity index (χ1v) is 24.0. The number of carbonyl (C=O) groups excluding carboxylic acids is 6. The Hall–Kier alpha value is -4.44. The number of amides is 2. The van der Waals surface area contributed by atoms with Crippen molar-refractivity contribution < 1.29 is 104 Å². The molecule has 5 fully saturated rings. The minimum Gasteiger partial charge on any atom is -0.478 e. The number of nitrogens with one attached hydrogen (secondary N) is 2. The molecule has 0 aromatic heterocycles. The van der Waals surface area contributed by atoms with Crippen molar-refractivity contribution in [3.8, 4) is 0 Å². The first-order valence-electron chi connectivity index (χ1n) is 22.8. The van der Waals surface area contributed by atoms with Gasteiger partial charge in [-0.15, -0.1) is 0 Å². The number of aliphatic hydroxyl groups is 9. The molecule has 2 amide bonds. The van der Waals surface area contributed by atoms with Crippen LogP contribution < -0.4 is 10.6 Å². The highest BCUT2D eigenvalue weighted by Gasteiger charge is 2.74. The molecule has 22 atom stereocenters. The normalized spacial score (nSPS) is 43.2. The zero-order chi connectivity index (χ0) is 51.7. The Kier molecular flexibility index (Phi) is 17.4. The number of carboxylic acid groups (broad SMARTS) is 1. The van der Waals surface area contributed by atoms with E-state index >= 15 is 4.79 Å². The lowest BCUT2D eigenvalue weighted by molar-refractivity contribution is -0.319. The fourth-order valence-corrected chi connectivity index (χ4v) is 12.0. The van der Waals surface area contributed by atoms with E-state index in [1.807, 2.05) is 6.08 Å². The van der Waals surface area contributed by atoms with E-state index in [1.165, 1.54) is 37.3 Å². The molecule has 70 heavy (non-hydrogen) atoms. The van der Waals surface area contributed by atoms with Gasteiger partial charge in [0, 0.05) is 54.6 Å². The molecule has 3 saturated carbocycles. The average Bonchev–Trinajstić information content (AvgIpc) is 3.55. The SMILES string of the molecule is CC(=O)N[C@H](CSC[C@H]1OC(=O)[C@@]2(C1=O)C(=O)[C@@]1(C)[C@@H](C=C[C@H]3[C@H](O)[C@@H](C)[C@H](OC(C)=O)C[C@@H]31)C[C@H]2/C=C/C=C/C=C/C(=O)O)C(=O)N[C@H]1[C@@H](OC2[C@@H](O)[C@H](O)C(O)[C@H](O)[C@@H]2O)O[C@@H](CO)[C@@H](O)[C@@H]1O. The molecule has 0 radical (unpaired) electrons. The van der Waals surface area contributed by atoms with Gasteiger partial charge in [0.05, 0.1) is 12.7 Å². The van der Waals surface area contributed by atoms with Gasteiger partial charge in [0.15, 0.2) is 29.4 Å². The number of allylic oxidation sites excluding steroid dienone is 6. The number of rotatable bonds is 15. The first-order chi connectivity index (χ1) is 32.9. The number of ether oxygens (including phenoxy) is 4. The Bertz CT molecular complexity index is 2120. The number of cyclic esters (lactones) is 1. The van der Waals surface area contributed by atoms with Gasteiger partial charge in [-0.2, -0.15) is 11.8 Å². The van der Waals surface area contributed by atoms with E-state index in [9.17, 15) is 74.7 Å². The second-order valence-electron chi connectivity index (χ2n) is 19.0. The van der Waals surface area contributed by atoms with Crippen LogP contribution in [0, 0.1) is 40.4 Å². The van der Waals surface area contributed by atoms with Crippen molar-refractivity contribution in [3.05, 3.63) is 48.6 Å². The van der Waals surface area contributed by atoms with Crippen molar-refractivity contribution in [2.75, 3.05) is 18.1 Å². The molecule has 6 rings (SSSR count). The Morgan fingerprint density at radius 2 is 1.51 bits per heavy atom. The van der Waals surface area contributed by atoms with Crippen molar-refractivity contribution in [2.45, 2.75) is 132 Å². The van der Waals surface area contributed by atoms with E-state index in [-0.39, 0.29) is 24.3 Å². The minimum absolute atomic E-state index is 0.0730. The molecule has 2 saturated heterocycles. The molecule has 2 heterocycles. The maximum absolute atomic E-state index is 15.5. The molecule has 23 nitrogen and oxygen atoms in total. The molecule has 1 spiro atoms. The number of carbonyl (C=O) groups is 7. The lowest BCUT2D eigenvalue weighted by Gasteiger charge is -2.58. The number of ketones is 2. The molecule has 24 heteroatoms. The zero-order valence-electron chi connectivity index (χ0n) is 38.6.